The molecule has 0 unspecified atom stereocenters. The molecule has 0 spiro atoms. The Hall–Kier alpha value is -2.29. The van der Waals surface area contributed by atoms with E-state index in [0.717, 1.165) is 27.4 Å². The van der Waals surface area contributed by atoms with Crippen molar-refractivity contribution < 1.29 is 5.11 Å². The van der Waals surface area contributed by atoms with E-state index in [2.05, 4.69) is 10.3 Å². The van der Waals surface area contributed by atoms with Gasteiger partial charge in [-0.15, -0.1) is 0 Å². The van der Waals surface area contributed by atoms with Crippen molar-refractivity contribution in [3.63, 3.8) is 0 Å². The van der Waals surface area contributed by atoms with Crippen molar-refractivity contribution in [2.45, 2.75) is 0 Å². The summed E-state index contributed by atoms with van der Waals surface area (Å²) in [5.74, 6) is 0.295. The molecule has 0 bridgehead atoms. The highest BCUT2D eigenvalue weighted by Gasteiger charge is 2.06. The first-order valence-corrected chi connectivity index (χ1v) is 5.48. The third-order valence-electron chi connectivity index (χ3n) is 2.97. The molecule has 1 aromatic heterocycles. The average Bonchev–Trinajstić information content (AvgIpc) is 2.38. The number of hydrogen-bond acceptors (Lipinski definition) is 3. The van der Waals surface area contributed by atoms with E-state index in [1.54, 1.807) is 12.3 Å². The smallest absolute Gasteiger partial charge is 0.124 e. The highest BCUT2D eigenvalue weighted by Crippen LogP contribution is 2.32. The molecule has 84 valence electrons. The molecule has 3 aromatic rings. The van der Waals surface area contributed by atoms with Crippen LogP contribution in [0.25, 0.3) is 21.7 Å². The van der Waals surface area contributed by atoms with E-state index in [-0.39, 0.29) is 0 Å². The maximum Gasteiger partial charge on any atom is 0.124 e. The van der Waals surface area contributed by atoms with Crippen LogP contribution in [-0.2, 0) is 0 Å². The standard InChI is InChI=1S/C14H12N2O/c1-15-10-4-5-11-12(8-10)14-9(7-13(11)17)3-2-6-16-14/h2-8,15,17H,1H3. The van der Waals surface area contributed by atoms with Crippen LogP contribution in [0.4, 0.5) is 5.69 Å². The van der Waals surface area contributed by atoms with E-state index in [1.807, 2.05) is 37.4 Å². The summed E-state index contributed by atoms with van der Waals surface area (Å²) in [7, 11) is 1.87. The van der Waals surface area contributed by atoms with E-state index in [4.69, 9.17) is 0 Å². The number of nitrogens with zero attached hydrogens (tertiary/aromatic N) is 1. The van der Waals surface area contributed by atoms with Crippen LogP contribution in [0.2, 0.25) is 0 Å². The zero-order valence-electron chi connectivity index (χ0n) is 9.44. The molecule has 0 saturated heterocycles. The second-order valence-corrected chi connectivity index (χ2v) is 3.98. The number of fused-ring (bicyclic) bond motifs is 3. The van der Waals surface area contributed by atoms with Gasteiger partial charge in [0, 0.05) is 35.1 Å². The number of nitrogens with one attached hydrogen (secondary N) is 1. The van der Waals surface area contributed by atoms with Gasteiger partial charge >= 0.3 is 0 Å². The molecule has 1 heterocycles. The monoisotopic (exact) mass is 224 g/mol. The highest BCUT2D eigenvalue weighted by atomic mass is 16.3. The van der Waals surface area contributed by atoms with Crippen molar-refractivity contribution in [1.29, 1.82) is 0 Å². The minimum absolute atomic E-state index is 0.295. The summed E-state index contributed by atoms with van der Waals surface area (Å²) in [6.07, 6.45) is 1.77. The zero-order valence-corrected chi connectivity index (χ0v) is 9.44. The molecule has 3 nitrogen and oxygen atoms in total. The normalized spacial score (nSPS) is 10.9. The van der Waals surface area contributed by atoms with Gasteiger partial charge in [0.25, 0.3) is 0 Å². The minimum Gasteiger partial charge on any atom is -0.507 e. The Balaban J connectivity index is 2.52. The molecule has 0 aliphatic carbocycles. The molecule has 3 heteroatoms. The second kappa shape index (κ2) is 3.63. The fourth-order valence-corrected chi connectivity index (χ4v) is 2.10. The van der Waals surface area contributed by atoms with Crippen LogP contribution in [0.3, 0.4) is 0 Å². The molecule has 0 aliphatic heterocycles. The van der Waals surface area contributed by atoms with Crippen LogP contribution in [-0.4, -0.2) is 17.1 Å². The maximum absolute atomic E-state index is 9.98. The molecule has 2 N–H and O–H groups in total. The van der Waals surface area contributed by atoms with Crippen LogP contribution in [0.15, 0.2) is 42.6 Å². The van der Waals surface area contributed by atoms with Gasteiger partial charge in [-0.3, -0.25) is 4.98 Å². The first-order chi connectivity index (χ1) is 8.29. The van der Waals surface area contributed by atoms with Gasteiger partial charge in [-0.2, -0.15) is 0 Å². The highest BCUT2D eigenvalue weighted by molar-refractivity contribution is 6.09. The lowest BCUT2D eigenvalue weighted by Gasteiger charge is -2.07. The van der Waals surface area contributed by atoms with Crippen molar-refractivity contribution in [2.75, 3.05) is 12.4 Å². The summed E-state index contributed by atoms with van der Waals surface area (Å²) >= 11 is 0. The van der Waals surface area contributed by atoms with Gasteiger partial charge in [-0.1, -0.05) is 6.07 Å². The molecule has 2 aromatic carbocycles. The largest absolute Gasteiger partial charge is 0.507 e. The number of hydrogen-bond donors (Lipinski definition) is 2. The van der Waals surface area contributed by atoms with E-state index < -0.39 is 0 Å². The summed E-state index contributed by atoms with van der Waals surface area (Å²) < 4.78 is 0. The number of aromatic nitrogens is 1. The van der Waals surface area contributed by atoms with E-state index in [9.17, 15) is 5.11 Å². The number of benzene rings is 2. The number of pyridine rings is 1. The first kappa shape index (κ1) is 9.90. The number of phenols is 1. The average molecular weight is 224 g/mol. The fraction of sp³-hybridized carbons (Fsp3) is 0.0714. The van der Waals surface area contributed by atoms with Crippen LogP contribution in [0.5, 0.6) is 5.75 Å². The molecular weight excluding hydrogens is 212 g/mol. The molecule has 17 heavy (non-hydrogen) atoms. The Morgan fingerprint density at radius 1 is 1.12 bits per heavy atom. The van der Waals surface area contributed by atoms with Gasteiger partial charge in [-0.25, -0.2) is 0 Å². The van der Waals surface area contributed by atoms with Crippen molar-refractivity contribution in [1.82, 2.24) is 4.98 Å². The van der Waals surface area contributed by atoms with E-state index in [0.29, 0.717) is 5.75 Å². The van der Waals surface area contributed by atoms with Crippen LogP contribution in [0, 0.1) is 0 Å². The van der Waals surface area contributed by atoms with Crippen LogP contribution in [0.1, 0.15) is 0 Å². The minimum atomic E-state index is 0.295. The summed E-state index contributed by atoms with van der Waals surface area (Å²) in [5.41, 5.74) is 1.92. The molecule has 0 amide bonds. The van der Waals surface area contributed by atoms with Gasteiger partial charge in [-0.05, 0) is 30.3 Å². The van der Waals surface area contributed by atoms with Crippen molar-refractivity contribution in [3.05, 3.63) is 42.6 Å². The number of phenolic OH excluding ortho intramolecular Hbond substituents is 1. The van der Waals surface area contributed by atoms with E-state index in [1.165, 1.54) is 0 Å². The van der Waals surface area contributed by atoms with Gasteiger partial charge < -0.3 is 10.4 Å². The van der Waals surface area contributed by atoms with Gasteiger partial charge in [0.1, 0.15) is 5.75 Å². The van der Waals surface area contributed by atoms with Gasteiger partial charge in [0.2, 0.25) is 0 Å². The zero-order chi connectivity index (χ0) is 11.8. The van der Waals surface area contributed by atoms with Crippen LogP contribution < -0.4 is 5.32 Å². The Labute approximate surface area is 98.7 Å². The van der Waals surface area contributed by atoms with Crippen molar-refractivity contribution in [3.8, 4) is 5.75 Å². The van der Waals surface area contributed by atoms with Gasteiger partial charge in [0.15, 0.2) is 0 Å². The molecule has 3 rings (SSSR count). The van der Waals surface area contributed by atoms with E-state index >= 15 is 0 Å². The Morgan fingerprint density at radius 2 is 2.00 bits per heavy atom. The van der Waals surface area contributed by atoms with Gasteiger partial charge in [0.05, 0.1) is 5.52 Å². The first-order valence-electron chi connectivity index (χ1n) is 5.48. The molecule has 0 atom stereocenters. The quantitative estimate of drug-likeness (QED) is 0.624. The molecule has 0 saturated carbocycles. The summed E-state index contributed by atoms with van der Waals surface area (Å²) in [6, 6.07) is 11.4. The molecule has 0 fully saturated rings. The van der Waals surface area contributed by atoms with Crippen LogP contribution >= 0.6 is 0 Å². The van der Waals surface area contributed by atoms with Crippen molar-refractivity contribution in [2.24, 2.45) is 0 Å². The predicted octanol–water partition coefficient (Wildman–Crippen LogP) is 3.14. The summed E-state index contributed by atoms with van der Waals surface area (Å²) in [6.45, 7) is 0. The third kappa shape index (κ3) is 1.47. The second-order valence-electron chi connectivity index (χ2n) is 3.98. The summed E-state index contributed by atoms with van der Waals surface area (Å²) in [5, 5.41) is 15.8. The molecule has 0 aliphatic rings. The maximum atomic E-state index is 9.98. The Morgan fingerprint density at radius 3 is 2.82 bits per heavy atom. The summed E-state index contributed by atoms with van der Waals surface area (Å²) in [4.78, 5) is 4.39. The van der Waals surface area contributed by atoms with Crippen molar-refractivity contribution >= 4 is 27.4 Å². The molecule has 0 radical (unpaired) electrons. The number of aromatic hydroxyl groups is 1. The molecular formula is C14H12N2O. The SMILES string of the molecule is CNc1ccc2c(O)cc3cccnc3c2c1. The third-order valence-corrected chi connectivity index (χ3v) is 2.97. The Bertz CT molecular complexity index is 707. The Kier molecular flexibility index (Phi) is 2.11. The predicted molar refractivity (Wildman–Crippen MR) is 70.5 cm³/mol. The lowest BCUT2D eigenvalue weighted by molar-refractivity contribution is 0.482. The topological polar surface area (TPSA) is 45.1 Å². The fourth-order valence-electron chi connectivity index (χ4n) is 2.10. The number of rotatable bonds is 1. The lowest BCUT2D eigenvalue weighted by atomic mass is 10.0. The lowest BCUT2D eigenvalue weighted by Crippen LogP contribution is -1.88. The number of anilines is 1.